The highest BCUT2D eigenvalue weighted by atomic mass is 35.5. The molecule has 2 saturated heterocycles. The van der Waals surface area contributed by atoms with Crippen molar-refractivity contribution in [3.8, 4) is 0 Å². The Balaban J connectivity index is 0.00000180. The third-order valence-corrected chi connectivity index (χ3v) is 4.59. The molecule has 0 radical (unpaired) electrons. The molecule has 6 heteroatoms. The highest BCUT2D eigenvalue weighted by Gasteiger charge is 2.38. The number of nitrogens with zero attached hydrogens (tertiary/aromatic N) is 2. The summed E-state index contributed by atoms with van der Waals surface area (Å²) < 4.78 is 5.51. The average Bonchev–Trinajstić information content (AvgIpc) is 2.52. The summed E-state index contributed by atoms with van der Waals surface area (Å²) in [5.74, 6) is 0. The number of hydrogen-bond donors (Lipinski definition) is 1. The van der Waals surface area contributed by atoms with E-state index in [1.165, 1.54) is 52.0 Å². The van der Waals surface area contributed by atoms with Gasteiger partial charge in [0, 0.05) is 25.2 Å². The Kier molecular flexibility index (Phi) is 10.4. The van der Waals surface area contributed by atoms with Gasteiger partial charge < -0.3 is 10.1 Å². The van der Waals surface area contributed by atoms with Crippen molar-refractivity contribution in [1.29, 1.82) is 0 Å². The molecule has 0 aromatic rings. The molecule has 20 heavy (non-hydrogen) atoms. The molecule has 0 aromatic heterocycles. The lowest BCUT2D eigenvalue weighted by Gasteiger charge is -2.45. The number of halogens is 2. The van der Waals surface area contributed by atoms with Crippen LogP contribution < -0.4 is 5.32 Å². The van der Waals surface area contributed by atoms with Crippen molar-refractivity contribution >= 4 is 24.8 Å². The molecule has 2 fully saturated rings. The van der Waals surface area contributed by atoms with E-state index in [2.05, 4.69) is 29.1 Å². The van der Waals surface area contributed by atoms with Gasteiger partial charge in [-0.1, -0.05) is 0 Å². The van der Waals surface area contributed by atoms with Crippen LogP contribution in [0.2, 0.25) is 0 Å². The molecule has 0 bridgehead atoms. The van der Waals surface area contributed by atoms with Crippen LogP contribution in [-0.2, 0) is 4.74 Å². The fourth-order valence-electron chi connectivity index (χ4n) is 3.35. The molecule has 4 nitrogen and oxygen atoms in total. The van der Waals surface area contributed by atoms with E-state index in [1.807, 2.05) is 0 Å². The van der Waals surface area contributed by atoms with E-state index in [4.69, 9.17) is 4.74 Å². The van der Waals surface area contributed by atoms with Gasteiger partial charge >= 0.3 is 0 Å². The second kappa shape index (κ2) is 10.2. The number of ether oxygens (including phenoxy) is 1. The van der Waals surface area contributed by atoms with Crippen LogP contribution in [0.1, 0.15) is 26.2 Å². The van der Waals surface area contributed by atoms with E-state index >= 15 is 0 Å². The zero-order chi connectivity index (χ0) is 12.8. The SMILES string of the molecule is CCOCCN1CCCN(C)C2(CCNCC2)C1.Cl.Cl. The zero-order valence-corrected chi connectivity index (χ0v) is 14.5. The van der Waals surface area contributed by atoms with Gasteiger partial charge in [-0.3, -0.25) is 9.80 Å². The lowest BCUT2D eigenvalue weighted by molar-refractivity contribution is 0.0522. The molecular formula is C14H31Cl2N3O. The molecule has 2 aliphatic heterocycles. The van der Waals surface area contributed by atoms with Crippen LogP contribution in [-0.4, -0.2) is 74.9 Å². The summed E-state index contributed by atoms with van der Waals surface area (Å²) in [6, 6.07) is 0. The molecule has 0 amide bonds. The van der Waals surface area contributed by atoms with Crippen LogP contribution >= 0.6 is 24.8 Å². The molecule has 0 saturated carbocycles. The van der Waals surface area contributed by atoms with Gasteiger partial charge in [0.05, 0.1) is 6.61 Å². The first kappa shape index (κ1) is 20.4. The van der Waals surface area contributed by atoms with E-state index in [0.717, 1.165) is 19.8 Å². The van der Waals surface area contributed by atoms with Gasteiger partial charge in [0.25, 0.3) is 0 Å². The van der Waals surface area contributed by atoms with Crippen LogP contribution in [0, 0.1) is 0 Å². The van der Waals surface area contributed by atoms with Gasteiger partial charge in [-0.15, -0.1) is 24.8 Å². The molecule has 2 aliphatic rings. The van der Waals surface area contributed by atoms with E-state index < -0.39 is 0 Å². The Hall–Kier alpha value is 0.420. The van der Waals surface area contributed by atoms with Gasteiger partial charge in [0.15, 0.2) is 0 Å². The fourth-order valence-corrected chi connectivity index (χ4v) is 3.35. The Morgan fingerprint density at radius 1 is 1.15 bits per heavy atom. The van der Waals surface area contributed by atoms with E-state index in [1.54, 1.807) is 0 Å². The van der Waals surface area contributed by atoms with Crippen LogP contribution in [0.4, 0.5) is 0 Å². The number of piperidine rings is 1. The minimum atomic E-state index is 0. The first-order valence-electron chi connectivity index (χ1n) is 7.49. The molecule has 2 heterocycles. The Morgan fingerprint density at radius 2 is 1.85 bits per heavy atom. The molecule has 122 valence electrons. The summed E-state index contributed by atoms with van der Waals surface area (Å²) in [4.78, 5) is 5.24. The summed E-state index contributed by atoms with van der Waals surface area (Å²) in [5.41, 5.74) is 0.411. The summed E-state index contributed by atoms with van der Waals surface area (Å²) in [5, 5.41) is 3.49. The monoisotopic (exact) mass is 327 g/mol. The maximum Gasteiger partial charge on any atom is 0.0593 e. The van der Waals surface area contributed by atoms with Crippen molar-refractivity contribution in [3.63, 3.8) is 0 Å². The molecule has 0 aliphatic carbocycles. The van der Waals surface area contributed by atoms with Crippen LogP contribution in [0.25, 0.3) is 0 Å². The van der Waals surface area contributed by atoms with Crippen LogP contribution in [0.15, 0.2) is 0 Å². The highest BCUT2D eigenvalue weighted by Crippen LogP contribution is 2.28. The third kappa shape index (κ3) is 5.32. The largest absolute Gasteiger partial charge is 0.380 e. The number of likely N-dealkylation sites (N-methyl/N-ethyl adjacent to an activating group) is 1. The maximum absolute atomic E-state index is 5.51. The van der Waals surface area contributed by atoms with Gasteiger partial charge in [-0.05, 0) is 59.4 Å². The molecule has 0 atom stereocenters. The Bertz CT molecular complexity index is 251. The van der Waals surface area contributed by atoms with E-state index in [0.29, 0.717) is 5.54 Å². The number of hydrogen-bond acceptors (Lipinski definition) is 4. The Labute approximate surface area is 136 Å². The first-order valence-corrected chi connectivity index (χ1v) is 7.49. The van der Waals surface area contributed by atoms with Crippen LogP contribution in [0.3, 0.4) is 0 Å². The summed E-state index contributed by atoms with van der Waals surface area (Å²) >= 11 is 0. The lowest BCUT2D eigenvalue weighted by Crippen LogP contribution is -2.57. The van der Waals surface area contributed by atoms with Crippen LogP contribution in [0.5, 0.6) is 0 Å². The summed E-state index contributed by atoms with van der Waals surface area (Å²) in [6.45, 7) is 10.9. The zero-order valence-electron chi connectivity index (χ0n) is 12.9. The lowest BCUT2D eigenvalue weighted by atomic mass is 9.86. The number of nitrogens with one attached hydrogen (secondary N) is 1. The van der Waals surface area contributed by atoms with Crippen molar-refractivity contribution in [1.82, 2.24) is 15.1 Å². The molecule has 0 aromatic carbocycles. The van der Waals surface area contributed by atoms with Gasteiger partial charge in [-0.2, -0.15) is 0 Å². The Morgan fingerprint density at radius 3 is 2.50 bits per heavy atom. The topological polar surface area (TPSA) is 27.7 Å². The quantitative estimate of drug-likeness (QED) is 0.794. The van der Waals surface area contributed by atoms with Gasteiger partial charge in [0.2, 0.25) is 0 Å². The minimum Gasteiger partial charge on any atom is -0.380 e. The van der Waals surface area contributed by atoms with Gasteiger partial charge in [0.1, 0.15) is 0 Å². The smallest absolute Gasteiger partial charge is 0.0593 e. The van der Waals surface area contributed by atoms with Crippen molar-refractivity contribution in [2.45, 2.75) is 31.7 Å². The fraction of sp³-hybridized carbons (Fsp3) is 1.00. The predicted molar refractivity (Wildman–Crippen MR) is 89.5 cm³/mol. The van der Waals surface area contributed by atoms with Crippen molar-refractivity contribution < 1.29 is 4.74 Å². The molecule has 1 spiro atoms. The summed E-state index contributed by atoms with van der Waals surface area (Å²) in [7, 11) is 2.32. The molecule has 1 N–H and O–H groups in total. The third-order valence-electron chi connectivity index (χ3n) is 4.59. The average molecular weight is 328 g/mol. The first-order chi connectivity index (χ1) is 8.77. The molecule has 2 rings (SSSR count). The second-order valence-electron chi connectivity index (χ2n) is 5.72. The normalized spacial score (nSPS) is 23.7. The number of rotatable bonds is 4. The van der Waals surface area contributed by atoms with Gasteiger partial charge in [-0.25, -0.2) is 0 Å². The molecule has 0 unspecified atom stereocenters. The maximum atomic E-state index is 5.51. The second-order valence-corrected chi connectivity index (χ2v) is 5.72. The molecular weight excluding hydrogens is 297 g/mol. The van der Waals surface area contributed by atoms with E-state index in [9.17, 15) is 0 Å². The van der Waals surface area contributed by atoms with E-state index in [-0.39, 0.29) is 24.8 Å². The van der Waals surface area contributed by atoms with Crippen molar-refractivity contribution in [2.24, 2.45) is 0 Å². The van der Waals surface area contributed by atoms with Crippen molar-refractivity contribution in [3.05, 3.63) is 0 Å². The standard InChI is InChI=1S/C14H29N3O.2ClH/c1-3-18-12-11-17-10-4-9-16(2)14(13-17)5-7-15-8-6-14;;/h15H,3-13H2,1-2H3;2*1H. The highest BCUT2D eigenvalue weighted by molar-refractivity contribution is 5.85. The predicted octanol–water partition coefficient (Wildman–Crippen LogP) is 1.63. The minimum absolute atomic E-state index is 0. The van der Waals surface area contributed by atoms with Crippen molar-refractivity contribution in [2.75, 3.05) is 59.5 Å². The summed E-state index contributed by atoms with van der Waals surface area (Å²) in [6.07, 6.45) is 3.86.